The van der Waals surface area contributed by atoms with Crippen LogP contribution in [-0.4, -0.2) is 36.1 Å². The minimum Gasteiger partial charge on any atom is -0.322 e. The van der Waals surface area contributed by atoms with Crippen LogP contribution in [0.2, 0.25) is 0 Å². The SMILES string of the molecule is CCc1ccc2[nH]c(=O)c(CN(C3CCCC3)C(CC)c3nnnn3C(C)(C)C)cc2c1. The summed E-state index contributed by atoms with van der Waals surface area (Å²) < 4.78 is 1.95. The van der Waals surface area contributed by atoms with E-state index in [1.165, 1.54) is 18.4 Å². The van der Waals surface area contributed by atoms with Crippen molar-refractivity contribution < 1.29 is 0 Å². The van der Waals surface area contributed by atoms with Gasteiger partial charge in [-0.05, 0) is 86.0 Å². The van der Waals surface area contributed by atoms with Gasteiger partial charge in [-0.3, -0.25) is 9.69 Å². The van der Waals surface area contributed by atoms with E-state index in [0.717, 1.165) is 48.0 Å². The molecule has 0 saturated heterocycles. The van der Waals surface area contributed by atoms with Gasteiger partial charge < -0.3 is 4.98 Å². The second-order valence-corrected chi connectivity index (χ2v) is 10.1. The summed E-state index contributed by atoms with van der Waals surface area (Å²) in [4.78, 5) is 18.6. The Labute approximate surface area is 190 Å². The molecular weight excluding hydrogens is 400 g/mol. The Bertz CT molecular complexity index is 1120. The van der Waals surface area contributed by atoms with Gasteiger partial charge in [-0.2, -0.15) is 0 Å². The van der Waals surface area contributed by atoms with Crippen molar-refractivity contribution in [3.63, 3.8) is 0 Å². The van der Waals surface area contributed by atoms with Gasteiger partial charge in [0.1, 0.15) is 0 Å². The maximum absolute atomic E-state index is 13.0. The first-order valence-corrected chi connectivity index (χ1v) is 12.0. The number of aryl methyl sites for hydroxylation is 1. The van der Waals surface area contributed by atoms with E-state index in [2.05, 4.69) is 78.2 Å². The van der Waals surface area contributed by atoms with Gasteiger partial charge in [0, 0.05) is 23.7 Å². The molecule has 1 atom stereocenters. The van der Waals surface area contributed by atoms with E-state index in [-0.39, 0.29) is 17.1 Å². The van der Waals surface area contributed by atoms with Crippen LogP contribution in [-0.2, 0) is 18.5 Å². The van der Waals surface area contributed by atoms with E-state index in [4.69, 9.17) is 0 Å². The lowest BCUT2D eigenvalue weighted by molar-refractivity contribution is 0.108. The number of fused-ring (bicyclic) bond motifs is 1. The highest BCUT2D eigenvalue weighted by Gasteiger charge is 2.34. The summed E-state index contributed by atoms with van der Waals surface area (Å²) in [6.07, 6.45) is 6.63. The Hall–Kier alpha value is -2.54. The fraction of sp³-hybridized carbons (Fsp3) is 0.600. The van der Waals surface area contributed by atoms with Crippen LogP contribution in [0.15, 0.2) is 29.1 Å². The molecule has 0 aliphatic heterocycles. The molecule has 1 aliphatic carbocycles. The van der Waals surface area contributed by atoms with E-state index in [0.29, 0.717) is 12.6 Å². The molecule has 172 valence electrons. The van der Waals surface area contributed by atoms with Crippen molar-refractivity contribution >= 4 is 10.9 Å². The summed E-state index contributed by atoms with van der Waals surface area (Å²) in [6, 6.07) is 8.86. The zero-order chi connectivity index (χ0) is 22.9. The lowest BCUT2D eigenvalue weighted by atomic mass is 10.0. The third-order valence-corrected chi connectivity index (χ3v) is 6.75. The zero-order valence-corrected chi connectivity index (χ0v) is 20.1. The molecule has 4 rings (SSSR count). The van der Waals surface area contributed by atoms with Crippen molar-refractivity contribution in [2.24, 2.45) is 0 Å². The summed E-state index contributed by atoms with van der Waals surface area (Å²) in [6.45, 7) is 11.3. The topological polar surface area (TPSA) is 79.7 Å². The molecule has 7 heteroatoms. The number of pyridine rings is 1. The molecule has 1 unspecified atom stereocenters. The largest absolute Gasteiger partial charge is 0.322 e. The predicted molar refractivity (Wildman–Crippen MR) is 128 cm³/mol. The van der Waals surface area contributed by atoms with Crippen LogP contribution in [0.25, 0.3) is 10.9 Å². The number of nitrogens with one attached hydrogen (secondary N) is 1. The molecule has 0 bridgehead atoms. The molecule has 1 saturated carbocycles. The highest BCUT2D eigenvalue weighted by molar-refractivity contribution is 5.79. The van der Waals surface area contributed by atoms with E-state index >= 15 is 0 Å². The summed E-state index contributed by atoms with van der Waals surface area (Å²) in [5.74, 6) is 0.886. The fourth-order valence-electron chi connectivity index (χ4n) is 5.01. The fourth-order valence-corrected chi connectivity index (χ4v) is 5.01. The lowest BCUT2D eigenvalue weighted by Crippen LogP contribution is -2.40. The Morgan fingerprint density at radius 1 is 1.19 bits per heavy atom. The van der Waals surface area contributed by atoms with E-state index in [9.17, 15) is 4.79 Å². The van der Waals surface area contributed by atoms with E-state index in [1.807, 2.05) is 10.7 Å². The van der Waals surface area contributed by atoms with Crippen LogP contribution in [0.1, 0.15) is 89.7 Å². The smallest absolute Gasteiger partial charge is 0.252 e. The first kappa shape index (κ1) is 22.6. The Morgan fingerprint density at radius 2 is 1.94 bits per heavy atom. The molecule has 2 aromatic heterocycles. The Balaban J connectivity index is 1.75. The van der Waals surface area contributed by atoms with Crippen LogP contribution in [0.5, 0.6) is 0 Å². The molecule has 0 radical (unpaired) electrons. The van der Waals surface area contributed by atoms with Gasteiger partial charge in [0.2, 0.25) is 0 Å². The maximum atomic E-state index is 13.0. The van der Waals surface area contributed by atoms with Crippen molar-refractivity contribution in [2.45, 2.75) is 97.3 Å². The summed E-state index contributed by atoms with van der Waals surface area (Å²) in [5.41, 5.74) is 2.77. The highest BCUT2D eigenvalue weighted by Crippen LogP contribution is 2.34. The van der Waals surface area contributed by atoms with Crippen molar-refractivity contribution in [3.05, 3.63) is 51.6 Å². The monoisotopic (exact) mass is 436 g/mol. The van der Waals surface area contributed by atoms with E-state index in [1.54, 1.807) is 0 Å². The van der Waals surface area contributed by atoms with Gasteiger partial charge in [0.05, 0.1) is 11.6 Å². The predicted octanol–water partition coefficient (Wildman–Crippen LogP) is 4.73. The van der Waals surface area contributed by atoms with Crippen LogP contribution < -0.4 is 5.56 Å². The van der Waals surface area contributed by atoms with Gasteiger partial charge in [0.15, 0.2) is 5.82 Å². The first-order valence-electron chi connectivity index (χ1n) is 12.0. The quantitative estimate of drug-likeness (QED) is 0.579. The molecule has 1 fully saturated rings. The molecule has 1 aliphatic rings. The number of aromatic nitrogens is 5. The normalized spacial score (nSPS) is 16.3. The molecule has 2 heterocycles. The van der Waals surface area contributed by atoms with E-state index < -0.39 is 0 Å². The van der Waals surface area contributed by atoms with Gasteiger partial charge in [-0.1, -0.05) is 32.8 Å². The number of nitrogens with zero attached hydrogens (tertiary/aromatic N) is 5. The number of tetrazole rings is 1. The second-order valence-electron chi connectivity index (χ2n) is 10.1. The van der Waals surface area contributed by atoms with Gasteiger partial charge >= 0.3 is 0 Å². The molecule has 7 nitrogen and oxygen atoms in total. The number of hydrogen-bond acceptors (Lipinski definition) is 5. The summed E-state index contributed by atoms with van der Waals surface area (Å²) >= 11 is 0. The average molecular weight is 437 g/mol. The molecule has 32 heavy (non-hydrogen) atoms. The molecule has 1 aromatic carbocycles. The van der Waals surface area contributed by atoms with Crippen LogP contribution in [0.4, 0.5) is 0 Å². The number of hydrogen-bond donors (Lipinski definition) is 1. The molecule has 0 amide bonds. The second kappa shape index (κ2) is 9.14. The van der Waals surface area contributed by atoms with Crippen LogP contribution in [0, 0.1) is 0 Å². The summed E-state index contributed by atoms with van der Waals surface area (Å²) in [7, 11) is 0. The number of benzene rings is 1. The van der Waals surface area contributed by atoms with Crippen molar-refractivity contribution in [2.75, 3.05) is 0 Å². The third-order valence-electron chi connectivity index (χ3n) is 6.75. The van der Waals surface area contributed by atoms with Gasteiger partial charge in [0.25, 0.3) is 5.56 Å². The van der Waals surface area contributed by atoms with Crippen molar-refractivity contribution in [3.8, 4) is 0 Å². The van der Waals surface area contributed by atoms with Gasteiger partial charge in [-0.25, -0.2) is 4.68 Å². The molecule has 1 N–H and O–H groups in total. The zero-order valence-electron chi connectivity index (χ0n) is 20.1. The number of H-pyrrole nitrogens is 1. The maximum Gasteiger partial charge on any atom is 0.252 e. The number of aromatic amines is 1. The Kier molecular flexibility index (Phi) is 6.47. The first-order chi connectivity index (χ1) is 15.3. The standard InChI is InChI=1S/C25H36N6O/c1-6-17-12-13-21-18(14-17)15-19(24(32)26-21)16-30(20-10-8-9-11-20)22(7-2)23-27-28-29-31(23)25(3,4)5/h12-15,20,22H,6-11,16H2,1-5H3,(H,26,32). The lowest BCUT2D eigenvalue weighted by Gasteiger charge is -2.36. The Morgan fingerprint density at radius 3 is 2.59 bits per heavy atom. The molecule has 3 aromatic rings. The van der Waals surface area contributed by atoms with Crippen molar-refractivity contribution in [1.29, 1.82) is 0 Å². The minimum absolute atomic E-state index is 0.00462. The average Bonchev–Trinajstić information content (AvgIpc) is 3.45. The van der Waals surface area contributed by atoms with Crippen molar-refractivity contribution in [1.82, 2.24) is 30.1 Å². The molecule has 0 spiro atoms. The number of rotatable bonds is 7. The van der Waals surface area contributed by atoms with Gasteiger partial charge in [-0.15, -0.1) is 5.10 Å². The van der Waals surface area contributed by atoms with Crippen LogP contribution >= 0.6 is 0 Å². The van der Waals surface area contributed by atoms with Crippen LogP contribution in [0.3, 0.4) is 0 Å². The third kappa shape index (κ3) is 4.49. The highest BCUT2D eigenvalue weighted by atomic mass is 16.1. The molecular formula is C25H36N6O. The summed E-state index contributed by atoms with van der Waals surface area (Å²) in [5, 5.41) is 13.9. The minimum atomic E-state index is -0.204.